The summed E-state index contributed by atoms with van der Waals surface area (Å²) in [5.41, 5.74) is 4.79. The molecule has 0 amide bonds. The number of nitrogens with zero attached hydrogens (tertiary/aromatic N) is 3. The number of hydrogen-bond donors (Lipinski definition) is 2. The van der Waals surface area contributed by atoms with Crippen molar-refractivity contribution in [1.29, 1.82) is 0 Å². The topological polar surface area (TPSA) is 68.2 Å². The van der Waals surface area contributed by atoms with Crippen LogP contribution in [-0.2, 0) is 6.18 Å². The summed E-state index contributed by atoms with van der Waals surface area (Å²) in [5.74, 6) is 0.406. The van der Waals surface area contributed by atoms with Gasteiger partial charge >= 0.3 is 6.18 Å². The van der Waals surface area contributed by atoms with E-state index in [4.69, 9.17) is 5.73 Å². The zero-order chi connectivity index (χ0) is 14.6. The minimum atomic E-state index is -4.45. The van der Waals surface area contributed by atoms with Gasteiger partial charge in [0.25, 0.3) is 0 Å². The minimum absolute atomic E-state index is 0.318. The highest BCUT2D eigenvalue weighted by Crippen LogP contribution is 2.29. The van der Waals surface area contributed by atoms with Crippen molar-refractivity contribution in [2.24, 2.45) is 5.73 Å². The number of fused-ring (bicyclic) bond motifs is 1. The van der Waals surface area contributed by atoms with Gasteiger partial charge in [-0.15, -0.1) is 0 Å². The molecule has 5 nitrogen and oxygen atoms in total. The molecule has 3 N–H and O–H groups in total. The van der Waals surface area contributed by atoms with E-state index in [1.165, 1.54) is 16.9 Å². The van der Waals surface area contributed by atoms with Crippen LogP contribution in [0.2, 0.25) is 0 Å². The quantitative estimate of drug-likeness (QED) is 0.800. The molecule has 0 aliphatic rings. The van der Waals surface area contributed by atoms with Gasteiger partial charge in [-0.05, 0) is 19.4 Å². The van der Waals surface area contributed by atoms with Gasteiger partial charge in [0.15, 0.2) is 11.5 Å². The second-order valence-corrected chi connectivity index (χ2v) is 4.41. The van der Waals surface area contributed by atoms with Crippen molar-refractivity contribution >= 4 is 11.3 Å². The van der Waals surface area contributed by atoms with Crippen LogP contribution >= 0.6 is 0 Å². The maximum absolute atomic E-state index is 12.6. The lowest BCUT2D eigenvalue weighted by Gasteiger charge is -2.06. The van der Waals surface area contributed by atoms with Crippen LogP contribution in [0.1, 0.15) is 25.0 Å². The molecule has 2 heterocycles. The summed E-state index contributed by atoms with van der Waals surface area (Å²) in [6.45, 7) is 1.28. The molecule has 110 valence electrons. The zero-order valence-electron chi connectivity index (χ0n) is 10.8. The van der Waals surface area contributed by atoms with Crippen LogP contribution in [0.25, 0.3) is 5.52 Å². The summed E-state index contributed by atoms with van der Waals surface area (Å²) >= 11 is 0. The van der Waals surface area contributed by atoms with Crippen molar-refractivity contribution in [3.8, 4) is 0 Å². The number of rotatable bonds is 6. The van der Waals surface area contributed by atoms with Gasteiger partial charge in [-0.25, -0.2) is 9.50 Å². The lowest BCUT2D eigenvalue weighted by Crippen LogP contribution is -2.06. The van der Waals surface area contributed by atoms with Crippen molar-refractivity contribution in [1.82, 2.24) is 14.6 Å². The molecule has 0 spiro atoms. The molecular formula is C12H16F3N5. The average Bonchev–Trinajstić information content (AvgIpc) is 2.83. The van der Waals surface area contributed by atoms with Crippen molar-refractivity contribution < 1.29 is 13.2 Å². The lowest BCUT2D eigenvalue weighted by atomic mass is 10.2. The lowest BCUT2D eigenvalue weighted by molar-refractivity contribution is -0.141. The average molecular weight is 287 g/mol. The fraction of sp³-hybridized carbons (Fsp3) is 0.500. The summed E-state index contributed by atoms with van der Waals surface area (Å²) in [7, 11) is 0. The Morgan fingerprint density at radius 3 is 2.75 bits per heavy atom. The summed E-state index contributed by atoms with van der Waals surface area (Å²) in [5, 5.41) is 6.53. The van der Waals surface area contributed by atoms with E-state index in [-0.39, 0.29) is 0 Å². The SMILES string of the molecule is NCCCCCNc1nccn2nc(C(F)(F)F)cc12. The Balaban J connectivity index is 2.11. The molecule has 20 heavy (non-hydrogen) atoms. The second-order valence-electron chi connectivity index (χ2n) is 4.41. The predicted octanol–water partition coefficient (Wildman–Crippen LogP) is 2.29. The van der Waals surface area contributed by atoms with Gasteiger partial charge in [-0.2, -0.15) is 18.3 Å². The Labute approximate surface area is 114 Å². The minimum Gasteiger partial charge on any atom is -0.368 e. The predicted molar refractivity (Wildman–Crippen MR) is 69.4 cm³/mol. The van der Waals surface area contributed by atoms with E-state index < -0.39 is 11.9 Å². The number of nitrogens with two attached hydrogens (primary N) is 1. The summed E-state index contributed by atoms with van der Waals surface area (Å²) in [4.78, 5) is 4.06. The van der Waals surface area contributed by atoms with Crippen molar-refractivity contribution in [3.63, 3.8) is 0 Å². The van der Waals surface area contributed by atoms with Crippen LogP contribution in [-0.4, -0.2) is 27.7 Å². The van der Waals surface area contributed by atoms with E-state index in [0.29, 0.717) is 24.4 Å². The largest absolute Gasteiger partial charge is 0.435 e. The van der Waals surface area contributed by atoms with Crippen molar-refractivity contribution in [2.45, 2.75) is 25.4 Å². The smallest absolute Gasteiger partial charge is 0.368 e. The van der Waals surface area contributed by atoms with E-state index in [9.17, 15) is 13.2 Å². The molecule has 0 bridgehead atoms. The fourth-order valence-electron chi connectivity index (χ4n) is 1.85. The first-order valence-electron chi connectivity index (χ1n) is 6.38. The van der Waals surface area contributed by atoms with E-state index in [1.807, 2.05) is 0 Å². The van der Waals surface area contributed by atoms with Crippen molar-refractivity contribution in [3.05, 3.63) is 24.2 Å². The van der Waals surface area contributed by atoms with E-state index in [0.717, 1.165) is 25.3 Å². The van der Waals surface area contributed by atoms with Crippen LogP contribution in [0.4, 0.5) is 19.0 Å². The van der Waals surface area contributed by atoms with Gasteiger partial charge in [-0.1, -0.05) is 6.42 Å². The number of halogens is 3. The summed E-state index contributed by atoms with van der Waals surface area (Å²) in [6, 6.07) is 0.995. The second kappa shape index (κ2) is 6.08. The monoisotopic (exact) mass is 287 g/mol. The molecule has 0 aromatic carbocycles. The number of aromatic nitrogens is 3. The fourth-order valence-corrected chi connectivity index (χ4v) is 1.85. The highest BCUT2D eigenvalue weighted by Gasteiger charge is 2.34. The first kappa shape index (κ1) is 14.6. The molecule has 8 heteroatoms. The van der Waals surface area contributed by atoms with E-state index in [2.05, 4.69) is 15.4 Å². The van der Waals surface area contributed by atoms with Crippen LogP contribution in [0.3, 0.4) is 0 Å². The van der Waals surface area contributed by atoms with Gasteiger partial charge in [0, 0.05) is 25.0 Å². The highest BCUT2D eigenvalue weighted by atomic mass is 19.4. The van der Waals surface area contributed by atoms with Crippen molar-refractivity contribution in [2.75, 3.05) is 18.4 Å². The van der Waals surface area contributed by atoms with E-state index in [1.54, 1.807) is 0 Å². The van der Waals surface area contributed by atoms with Gasteiger partial charge in [0.1, 0.15) is 5.52 Å². The molecule has 0 fully saturated rings. The molecule has 0 saturated carbocycles. The third-order valence-corrected chi connectivity index (χ3v) is 2.85. The Bertz CT molecular complexity index is 564. The van der Waals surface area contributed by atoms with E-state index >= 15 is 0 Å². The maximum Gasteiger partial charge on any atom is 0.435 e. The molecular weight excluding hydrogens is 271 g/mol. The molecule has 0 aliphatic carbocycles. The number of nitrogens with one attached hydrogen (secondary N) is 1. The van der Waals surface area contributed by atoms with Crippen LogP contribution in [0, 0.1) is 0 Å². The Hall–Kier alpha value is -1.83. The van der Waals surface area contributed by atoms with Crippen LogP contribution in [0.5, 0.6) is 0 Å². The first-order valence-corrected chi connectivity index (χ1v) is 6.38. The third kappa shape index (κ3) is 3.38. The van der Waals surface area contributed by atoms with Crippen LogP contribution < -0.4 is 11.1 Å². The molecule has 2 aromatic heterocycles. The summed E-state index contributed by atoms with van der Waals surface area (Å²) in [6.07, 6.45) is 1.15. The third-order valence-electron chi connectivity index (χ3n) is 2.85. The number of alkyl halides is 3. The molecule has 2 aromatic rings. The van der Waals surface area contributed by atoms with Gasteiger partial charge < -0.3 is 11.1 Å². The number of unbranched alkanes of at least 4 members (excludes halogenated alkanes) is 2. The molecule has 0 unspecified atom stereocenters. The van der Waals surface area contributed by atoms with Gasteiger partial charge in [0.05, 0.1) is 0 Å². The van der Waals surface area contributed by atoms with Gasteiger partial charge in [-0.3, -0.25) is 0 Å². The zero-order valence-corrected chi connectivity index (χ0v) is 10.8. The Morgan fingerprint density at radius 2 is 2.05 bits per heavy atom. The molecule has 0 radical (unpaired) electrons. The summed E-state index contributed by atoms with van der Waals surface area (Å²) < 4.78 is 39.0. The number of hydrogen-bond acceptors (Lipinski definition) is 4. The normalized spacial score (nSPS) is 12.0. The highest BCUT2D eigenvalue weighted by molar-refractivity contribution is 5.67. The van der Waals surface area contributed by atoms with Crippen LogP contribution in [0.15, 0.2) is 18.5 Å². The molecule has 0 atom stereocenters. The number of anilines is 1. The first-order chi connectivity index (χ1) is 9.52. The molecule has 0 aliphatic heterocycles. The molecule has 2 rings (SSSR count). The molecule has 0 saturated heterocycles. The standard InChI is InChI=1S/C12H16F3N5/c13-12(14,15)10-8-9-11(17-5-3-1-2-4-16)18-6-7-20(9)19-10/h6-8H,1-5,16H2,(H,17,18). The maximum atomic E-state index is 12.6. The van der Waals surface area contributed by atoms with Gasteiger partial charge in [0.2, 0.25) is 0 Å². The Morgan fingerprint density at radius 1 is 1.25 bits per heavy atom. The Kier molecular flexibility index (Phi) is 4.43.